The van der Waals surface area contributed by atoms with Crippen LogP contribution in [0, 0.1) is 19.8 Å². The average Bonchev–Trinajstić information content (AvgIpc) is 3.05. The third kappa shape index (κ3) is 2.84. The molecule has 7 nitrogen and oxygen atoms in total. The molecule has 2 bridgehead atoms. The minimum absolute atomic E-state index is 0.106. The number of carbonyl (C=O) groups excluding carboxylic acids is 1. The van der Waals surface area contributed by atoms with Gasteiger partial charge in [-0.2, -0.15) is 0 Å². The van der Waals surface area contributed by atoms with Gasteiger partial charge in [0.25, 0.3) is 5.91 Å². The Morgan fingerprint density at radius 2 is 2.21 bits per heavy atom. The molecule has 3 aliphatic rings. The van der Waals surface area contributed by atoms with E-state index in [1.54, 1.807) is 6.33 Å². The van der Waals surface area contributed by atoms with Crippen LogP contribution in [0.4, 0.5) is 0 Å². The summed E-state index contributed by atoms with van der Waals surface area (Å²) in [6.07, 6.45) is 4.04. The average molecular weight is 346 g/mol. The van der Waals surface area contributed by atoms with Gasteiger partial charge in [0.05, 0.1) is 17.7 Å². The summed E-state index contributed by atoms with van der Waals surface area (Å²) < 4.78 is 3.92. The molecule has 5 rings (SSSR count). The number of H-pyrrole nitrogens is 1. The number of aromatic amines is 1. The third-order valence-electron chi connectivity index (χ3n) is 5.20. The highest BCUT2D eigenvalue weighted by molar-refractivity contribution is 7.07. The van der Waals surface area contributed by atoms with E-state index in [1.807, 2.05) is 6.92 Å². The maximum absolute atomic E-state index is 12.9. The van der Waals surface area contributed by atoms with Crippen LogP contribution < -0.4 is 0 Å². The van der Waals surface area contributed by atoms with Crippen molar-refractivity contribution in [1.29, 1.82) is 0 Å². The van der Waals surface area contributed by atoms with Crippen LogP contribution in [0.25, 0.3) is 0 Å². The van der Waals surface area contributed by atoms with E-state index in [2.05, 4.69) is 36.3 Å². The number of piperidine rings is 1. The molecule has 2 aromatic heterocycles. The van der Waals surface area contributed by atoms with Crippen LogP contribution in [0.3, 0.4) is 0 Å². The maximum atomic E-state index is 12.9. The van der Waals surface area contributed by atoms with Gasteiger partial charge in [0.2, 0.25) is 0 Å². The molecule has 128 valence electrons. The van der Waals surface area contributed by atoms with E-state index < -0.39 is 0 Å². The van der Waals surface area contributed by atoms with Crippen LogP contribution >= 0.6 is 11.5 Å². The number of carbonyl (C=O) groups is 1. The second-order valence-corrected chi connectivity index (χ2v) is 7.66. The fraction of sp³-hybridized carbons (Fsp3) is 0.625. The van der Waals surface area contributed by atoms with Crippen LogP contribution in [0.5, 0.6) is 0 Å². The lowest BCUT2D eigenvalue weighted by Crippen LogP contribution is -2.47. The molecule has 0 unspecified atom stereocenters. The number of rotatable bonds is 3. The first-order valence-corrected chi connectivity index (χ1v) is 9.20. The van der Waals surface area contributed by atoms with Gasteiger partial charge in [-0.05, 0) is 44.1 Å². The molecule has 2 aromatic rings. The predicted octanol–water partition coefficient (Wildman–Crippen LogP) is 1.61. The van der Waals surface area contributed by atoms with E-state index in [1.165, 1.54) is 18.0 Å². The molecule has 3 saturated heterocycles. The molecule has 5 heterocycles. The summed E-state index contributed by atoms with van der Waals surface area (Å²) in [7, 11) is 0. The van der Waals surface area contributed by atoms with Crippen LogP contribution in [0.1, 0.15) is 39.6 Å². The first-order valence-electron chi connectivity index (χ1n) is 8.43. The van der Waals surface area contributed by atoms with E-state index in [9.17, 15) is 4.79 Å². The largest absolute Gasteiger partial charge is 0.348 e. The second-order valence-electron chi connectivity index (χ2n) is 6.91. The van der Waals surface area contributed by atoms with Crippen molar-refractivity contribution in [2.45, 2.75) is 39.3 Å². The van der Waals surface area contributed by atoms with E-state index in [0.29, 0.717) is 10.8 Å². The smallest absolute Gasteiger partial charge is 0.267 e. The van der Waals surface area contributed by atoms with Crippen molar-refractivity contribution in [2.24, 2.45) is 5.92 Å². The molecular weight excluding hydrogens is 324 g/mol. The molecule has 1 amide bonds. The number of amides is 1. The van der Waals surface area contributed by atoms with Gasteiger partial charge >= 0.3 is 0 Å². The molecule has 3 fully saturated rings. The van der Waals surface area contributed by atoms with Crippen molar-refractivity contribution in [3.63, 3.8) is 0 Å². The highest BCUT2D eigenvalue weighted by Gasteiger charge is 2.38. The summed E-state index contributed by atoms with van der Waals surface area (Å²) in [5.41, 5.74) is 2.98. The summed E-state index contributed by atoms with van der Waals surface area (Å²) in [5.74, 6) is 0.642. The lowest BCUT2D eigenvalue weighted by molar-refractivity contribution is 0.0589. The standard InChI is InChI=1S/C16H22N6OS/c1-10-14(18-9-17-10)8-21-5-12-3-4-13(7-21)22(6-12)16(23)15-11(2)19-20-24-15/h9,12-13H,3-8H2,1-2H3,(H,17,18)/t12-,13+/m0/s1. The zero-order chi connectivity index (χ0) is 16.7. The molecule has 0 spiro atoms. The Morgan fingerprint density at radius 1 is 1.33 bits per heavy atom. The first-order chi connectivity index (χ1) is 11.6. The predicted molar refractivity (Wildman–Crippen MR) is 90.8 cm³/mol. The molecule has 2 atom stereocenters. The molecule has 1 N–H and O–H groups in total. The van der Waals surface area contributed by atoms with Gasteiger partial charge in [-0.3, -0.25) is 9.69 Å². The fourth-order valence-electron chi connectivity index (χ4n) is 3.87. The topological polar surface area (TPSA) is 78.0 Å². The van der Waals surface area contributed by atoms with E-state index in [0.717, 1.165) is 49.7 Å². The molecule has 0 radical (unpaired) electrons. The van der Waals surface area contributed by atoms with Crippen LogP contribution in [0.2, 0.25) is 0 Å². The second kappa shape index (κ2) is 6.25. The van der Waals surface area contributed by atoms with E-state index in [4.69, 9.17) is 0 Å². The summed E-state index contributed by atoms with van der Waals surface area (Å²) in [6.45, 7) is 7.57. The van der Waals surface area contributed by atoms with Crippen molar-refractivity contribution < 1.29 is 4.79 Å². The van der Waals surface area contributed by atoms with Crippen LogP contribution in [-0.2, 0) is 6.54 Å². The number of nitrogens with one attached hydrogen (secondary N) is 1. The van der Waals surface area contributed by atoms with Crippen molar-refractivity contribution in [3.8, 4) is 0 Å². The van der Waals surface area contributed by atoms with Crippen molar-refractivity contribution >= 4 is 17.4 Å². The van der Waals surface area contributed by atoms with Gasteiger partial charge in [0.15, 0.2) is 0 Å². The SMILES string of the molecule is Cc1nnsc1C(=O)N1C[C@H]2CC[C@@H]1CN(Cc1nc[nH]c1C)C2. The summed E-state index contributed by atoms with van der Waals surface area (Å²) in [4.78, 5) is 25.7. The number of nitrogens with zero attached hydrogens (tertiary/aromatic N) is 5. The number of hydrogen-bond donors (Lipinski definition) is 1. The van der Waals surface area contributed by atoms with Crippen LogP contribution in [0.15, 0.2) is 6.33 Å². The molecule has 3 aliphatic heterocycles. The zero-order valence-electron chi connectivity index (χ0n) is 14.0. The Balaban J connectivity index is 1.51. The summed E-state index contributed by atoms with van der Waals surface area (Å²) in [6, 6.07) is 0.275. The van der Waals surface area contributed by atoms with Gasteiger partial charge < -0.3 is 9.88 Å². The molecule has 8 heteroatoms. The minimum atomic E-state index is 0.106. The molecular formula is C16H22N6OS. The van der Waals surface area contributed by atoms with E-state index in [-0.39, 0.29) is 11.9 Å². The van der Waals surface area contributed by atoms with Crippen LogP contribution in [-0.4, -0.2) is 60.9 Å². The highest BCUT2D eigenvalue weighted by atomic mass is 32.1. The summed E-state index contributed by atoms with van der Waals surface area (Å²) >= 11 is 1.21. The Bertz CT molecular complexity index is 741. The quantitative estimate of drug-likeness (QED) is 0.914. The Hall–Kier alpha value is -1.80. The molecule has 0 saturated carbocycles. The Labute approximate surface area is 145 Å². The Morgan fingerprint density at radius 3 is 2.92 bits per heavy atom. The zero-order valence-corrected chi connectivity index (χ0v) is 14.8. The fourth-order valence-corrected chi connectivity index (χ4v) is 4.49. The number of fused-ring (bicyclic) bond motifs is 4. The third-order valence-corrected chi connectivity index (χ3v) is 6.02. The maximum Gasteiger partial charge on any atom is 0.267 e. The molecule has 24 heavy (non-hydrogen) atoms. The van der Waals surface area contributed by atoms with Gasteiger partial charge in [0.1, 0.15) is 4.88 Å². The lowest BCUT2D eigenvalue weighted by Gasteiger charge is -2.36. The highest BCUT2D eigenvalue weighted by Crippen LogP contribution is 2.30. The number of hydrogen-bond acceptors (Lipinski definition) is 6. The van der Waals surface area contributed by atoms with Gasteiger partial charge in [0, 0.05) is 37.9 Å². The molecule has 0 aliphatic carbocycles. The van der Waals surface area contributed by atoms with Crippen molar-refractivity contribution in [2.75, 3.05) is 19.6 Å². The Kier molecular flexibility index (Phi) is 4.09. The number of imidazole rings is 1. The van der Waals surface area contributed by atoms with Crippen molar-refractivity contribution in [3.05, 3.63) is 28.3 Å². The monoisotopic (exact) mass is 346 g/mol. The lowest BCUT2D eigenvalue weighted by atomic mass is 9.95. The minimum Gasteiger partial charge on any atom is -0.348 e. The van der Waals surface area contributed by atoms with Crippen molar-refractivity contribution in [1.82, 2.24) is 29.4 Å². The number of aromatic nitrogens is 4. The van der Waals surface area contributed by atoms with Gasteiger partial charge in [-0.1, -0.05) is 4.49 Å². The first kappa shape index (κ1) is 15.7. The summed E-state index contributed by atoms with van der Waals surface area (Å²) in [5, 5.41) is 3.99. The van der Waals surface area contributed by atoms with E-state index >= 15 is 0 Å². The molecule has 0 aromatic carbocycles. The normalized spacial score (nSPS) is 24.3. The van der Waals surface area contributed by atoms with Gasteiger partial charge in [-0.25, -0.2) is 4.98 Å². The number of aryl methyl sites for hydroxylation is 2. The van der Waals surface area contributed by atoms with Gasteiger partial charge in [-0.15, -0.1) is 5.10 Å².